The van der Waals surface area contributed by atoms with E-state index in [1.807, 2.05) is 35.0 Å². The van der Waals surface area contributed by atoms with Crippen molar-refractivity contribution in [1.82, 2.24) is 19.6 Å². The predicted octanol–water partition coefficient (Wildman–Crippen LogP) is 5.39. The quantitative estimate of drug-likeness (QED) is 0.504. The number of aryl methyl sites for hydroxylation is 1. The average molecular weight is 398 g/mol. The van der Waals surface area contributed by atoms with Gasteiger partial charge in [0.1, 0.15) is 0 Å². The molecule has 152 valence electrons. The van der Waals surface area contributed by atoms with E-state index in [1.54, 1.807) is 0 Å². The van der Waals surface area contributed by atoms with Gasteiger partial charge >= 0.3 is 0 Å². The van der Waals surface area contributed by atoms with Crippen LogP contribution < -0.4 is 5.32 Å². The zero-order valence-electron chi connectivity index (χ0n) is 18.0. The Bertz CT molecular complexity index is 1220. The Kier molecular flexibility index (Phi) is 4.35. The molecular weight excluding hydrogens is 370 g/mol. The molecule has 3 heterocycles. The molecule has 1 aliphatic heterocycles. The Morgan fingerprint density at radius 1 is 1.13 bits per heavy atom. The van der Waals surface area contributed by atoms with E-state index in [1.165, 1.54) is 27.9 Å². The number of fused-ring (bicyclic) bond motifs is 2. The topological polar surface area (TPSA) is 55.1 Å². The maximum atomic E-state index is 4.81. The number of rotatable bonds is 3. The number of aromatic nitrogens is 4. The minimum Gasteiger partial charge on any atom is -0.380 e. The molecule has 5 rings (SSSR count). The normalized spacial score (nSPS) is 17.5. The van der Waals surface area contributed by atoms with E-state index >= 15 is 0 Å². The number of anilines is 1. The lowest BCUT2D eigenvalue weighted by atomic mass is 9.80. The van der Waals surface area contributed by atoms with Gasteiger partial charge in [-0.05, 0) is 68.0 Å². The number of hydrogen-bond donors (Lipinski definition) is 1. The second-order valence-corrected chi connectivity index (χ2v) is 9.10. The summed E-state index contributed by atoms with van der Waals surface area (Å²) in [5.74, 6) is 1.92. The molecule has 2 aromatic heterocycles. The minimum absolute atomic E-state index is 0.114. The molecule has 5 heteroatoms. The van der Waals surface area contributed by atoms with Crippen LogP contribution in [0.15, 0.2) is 54.7 Å². The molecule has 0 bridgehead atoms. The Balaban J connectivity index is 1.59. The third-order valence-corrected chi connectivity index (χ3v) is 5.98. The Hall–Kier alpha value is -3.21. The summed E-state index contributed by atoms with van der Waals surface area (Å²) in [6, 6.07) is 16.9. The van der Waals surface area contributed by atoms with Gasteiger partial charge in [0.15, 0.2) is 5.82 Å². The fraction of sp³-hybridized carbons (Fsp3) is 0.320. The highest BCUT2D eigenvalue weighted by molar-refractivity contribution is 5.72. The summed E-state index contributed by atoms with van der Waals surface area (Å²) < 4.78 is 1.89. The molecule has 4 aromatic rings. The smallest absolute Gasteiger partial charge is 0.252 e. The van der Waals surface area contributed by atoms with Gasteiger partial charge in [0.25, 0.3) is 5.78 Å². The lowest BCUT2D eigenvalue weighted by molar-refractivity contribution is 0.454. The molecule has 1 aliphatic rings. The SMILES string of the molecule is Cc1cc2c(cc1-c1ccnc3nc(Cc4ccccc4)nn13)[C@H](C)CC(C)(C)N2. The molecule has 0 unspecified atom stereocenters. The minimum atomic E-state index is 0.114. The summed E-state index contributed by atoms with van der Waals surface area (Å²) in [5, 5.41) is 8.51. The molecule has 1 N–H and O–H groups in total. The van der Waals surface area contributed by atoms with Crippen LogP contribution in [-0.2, 0) is 6.42 Å². The van der Waals surface area contributed by atoms with Crippen LogP contribution in [-0.4, -0.2) is 25.1 Å². The number of hydrogen-bond acceptors (Lipinski definition) is 4. The highest BCUT2D eigenvalue weighted by Gasteiger charge is 2.30. The lowest BCUT2D eigenvalue weighted by Gasteiger charge is -2.38. The molecule has 0 saturated carbocycles. The van der Waals surface area contributed by atoms with Crippen LogP contribution in [0.25, 0.3) is 17.0 Å². The molecule has 1 atom stereocenters. The molecule has 5 nitrogen and oxygen atoms in total. The van der Waals surface area contributed by atoms with Crippen LogP contribution in [0.3, 0.4) is 0 Å². The van der Waals surface area contributed by atoms with E-state index in [0.717, 1.165) is 17.9 Å². The van der Waals surface area contributed by atoms with Crippen molar-refractivity contribution < 1.29 is 0 Å². The van der Waals surface area contributed by atoms with E-state index in [-0.39, 0.29) is 5.54 Å². The first kappa shape index (κ1) is 18.8. The lowest BCUT2D eigenvalue weighted by Crippen LogP contribution is -2.36. The molecule has 0 saturated heterocycles. The second kappa shape index (κ2) is 6.94. The van der Waals surface area contributed by atoms with Gasteiger partial charge in [0.2, 0.25) is 0 Å². The summed E-state index contributed by atoms with van der Waals surface area (Å²) in [6.07, 6.45) is 3.64. The zero-order chi connectivity index (χ0) is 20.9. The third kappa shape index (κ3) is 3.34. The highest BCUT2D eigenvalue weighted by atomic mass is 15.3. The number of nitrogens with one attached hydrogen (secondary N) is 1. The summed E-state index contributed by atoms with van der Waals surface area (Å²) in [6.45, 7) is 9.02. The van der Waals surface area contributed by atoms with Crippen molar-refractivity contribution in [3.05, 3.63) is 77.2 Å². The summed E-state index contributed by atoms with van der Waals surface area (Å²) in [7, 11) is 0. The summed E-state index contributed by atoms with van der Waals surface area (Å²) in [5.41, 5.74) is 7.36. The Labute approximate surface area is 177 Å². The van der Waals surface area contributed by atoms with Crippen LogP contribution in [0.4, 0.5) is 5.69 Å². The van der Waals surface area contributed by atoms with Crippen molar-refractivity contribution in [1.29, 1.82) is 0 Å². The maximum Gasteiger partial charge on any atom is 0.252 e. The first-order valence-corrected chi connectivity index (χ1v) is 10.6. The van der Waals surface area contributed by atoms with Crippen LogP contribution >= 0.6 is 0 Å². The van der Waals surface area contributed by atoms with Crippen molar-refractivity contribution >= 4 is 11.5 Å². The van der Waals surface area contributed by atoms with Gasteiger partial charge in [0.05, 0.1) is 5.69 Å². The first-order chi connectivity index (χ1) is 14.4. The van der Waals surface area contributed by atoms with Crippen molar-refractivity contribution in [3.63, 3.8) is 0 Å². The van der Waals surface area contributed by atoms with Crippen molar-refractivity contribution in [2.24, 2.45) is 0 Å². The van der Waals surface area contributed by atoms with Crippen LogP contribution in [0.2, 0.25) is 0 Å². The van der Waals surface area contributed by atoms with Gasteiger partial charge in [-0.25, -0.2) is 4.98 Å². The van der Waals surface area contributed by atoms with E-state index in [2.05, 4.69) is 67.2 Å². The van der Waals surface area contributed by atoms with Gasteiger partial charge < -0.3 is 5.32 Å². The van der Waals surface area contributed by atoms with E-state index in [9.17, 15) is 0 Å². The first-order valence-electron chi connectivity index (χ1n) is 10.6. The molecule has 0 radical (unpaired) electrons. The van der Waals surface area contributed by atoms with Gasteiger partial charge in [0, 0.05) is 29.4 Å². The van der Waals surface area contributed by atoms with Crippen LogP contribution in [0.5, 0.6) is 0 Å². The molecule has 2 aromatic carbocycles. The van der Waals surface area contributed by atoms with Crippen LogP contribution in [0, 0.1) is 6.92 Å². The molecule has 0 aliphatic carbocycles. The van der Waals surface area contributed by atoms with Crippen molar-refractivity contribution in [2.75, 3.05) is 5.32 Å². The second-order valence-electron chi connectivity index (χ2n) is 9.10. The molecule has 0 fully saturated rings. The average Bonchev–Trinajstić information content (AvgIpc) is 3.10. The summed E-state index contributed by atoms with van der Waals surface area (Å²) >= 11 is 0. The van der Waals surface area contributed by atoms with E-state index in [0.29, 0.717) is 18.1 Å². The maximum absolute atomic E-state index is 4.81. The van der Waals surface area contributed by atoms with Gasteiger partial charge in [-0.2, -0.15) is 9.50 Å². The van der Waals surface area contributed by atoms with Gasteiger partial charge in [-0.1, -0.05) is 37.3 Å². The molecule has 30 heavy (non-hydrogen) atoms. The Morgan fingerprint density at radius 3 is 2.73 bits per heavy atom. The zero-order valence-corrected chi connectivity index (χ0v) is 18.0. The van der Waals surface area contributed by atoms with Crippen molar-refractivity contribution in [2.45, 2.75) is 52.0 Å². The third-order valence-electron chi connectivity index (χ3n) is 5.98. The van der Waals surface area contributed by atoms with E-state index in [4.69, 9.17) is 5.10 Å². The fourth-order valence-corrected chi connectivity index (χ4v) is 4.70. The standard InChI is InChI=1S/C25H27N5/c1-16-12-21-19(17(2)15-25(3,4)28-21)14-20(16)22-10-11-26-24-27-23(29-30(22)24)13-18-8-6-5-7-9-18/h5-12,14,17,28H,13,15H2,1-4H3/t17-/m1/s1. The highest BCUT2D eigenvalue weighted by Crippen LogP contribution is 2.41. The Morgan fingerprint density at radius 2 is 1.93 bits per heavy atom. The van der Waals surface area contributed by atoms with Crippen molar-refractivity contribution in [3.8, 4) is 11.3 Å². The molecule has 0 amide bonds. The van der Waals surface area contributed by atoms with Gasteiger partial charge in [-0.3, -0.25) is 0 Å². The monoisotopic (exact) mass is 397 g/mol. The fourth-order valence-electron chi connectivity index (χ4n) is 4.70. The van der Waals surface area contributed by atoms with Gasteiger partial charge in [-0.15, -0.1) is 5.10 Å². The number of nitrogens with zero attached hydrogens (tertiary/aromatic N) is 4. The molecule has 0 spiro atoms. The number of benzene rings is 2. The van der Waals surface area contributed by atoms with E-state index < -0.39 is 0 Å². The molecular formula is C25H27N5. The predicted molar refractivity (Wildman–Crippen MR) is 121 cm³/mol. The van der Waals surface area contributed by atoms with Crippen LogP contribution in [0.1, 0.15) is 55.6 Å². The summed E-state index contributed by atoms with van der Waals surface area (Å²) in [4.78, 5) is 9.13. The largest absolute Gasteiger partial charge is 0.380 e.